The molecule has 2 aliphatic rings. The molecule has 10 nitrogen and oxygen atoms in total. The summed E-state index contributed by atoms with van der Waals surface area (Å²) in [5.41, 5.74) is 2.11. The maximum Gasteiger partial charge on any atom is 0.410 e. The number of anilines is 1. The van der Waals surface area contributed by atoms with Gasteiger partial charge in [0.15, 0.2) is 5.11 Å². The van der Waals surface area contributed by atoms with Gasteiger partial charge >= 0.3 is 12.1 Å². The Labute approximate surface area is 250 Å². The van der Waals surface area contributed by atoms with Crippen molar-refractivity contribution in [1.82, 2.24) is 15.1 Å². The van der Waals surface area contributed by atoms with Crippen molar-refractivity contribution in [3.8, 4) is 0 Å². The number of hydrogen-bond donors (Lipinski definition) is 1. The minimum atomic E-state index is -1.03. The highest BCUT2D eigenvalue weighted by atomic mass is 35.5. The number of methoxy groups -OCH3 is 1. The van der Waals surface area contributed by atoms with Crippen molar-refractivity contribution in [3.63, 3.8) is 0 Å². The Hall–Kier alpha value is -3.70. The van der Waals surface area contributed by atoms with Crippen LogP contribution >= 0.6 is 23.8 Å². The van der Waals surface area contributed by atoms with Crippen molar-refractivity contribution in [2.24, 2.45) is 4.99 Å². The van der Waals surface area contributed by atoms with E-state index in [9.17, 15) is 14.4 Å². The Kier molecular flexibility index (Phi) is 9.18. The van der Waals surface area contributed by atoms with Crippen LogP contribution in [0.5, 0.6) is 0 Å². The zero-order valence-corrected chi connectivity index (χ0v) is 25.3. The van der Waals surface area contributed by atoms with Gasteiger partial charge in [0.25, 0.3) is 5.91 Å². The van der Waals surface area contributed by atoms with E-state index in [1.165, 1.54) is 16.9 Å². The number of halogens is 1. The molecule has 4 rings (SSSR count). The average molecular weight is 600 g/mol. The van der Waals surface area contributed by atoms with Gasteiger partial charge < -0.3 is 29.5 Å². The van der Waals surface area contributed by atoms with Gasteiger partial charge in [-0.15, -0.1) is 0 Å². The second-order valence-electron chi connectivity index (χ2n) is 10.8. The zero-order chi connectivity index (χ0) is 29.9. The molecular weight excluding hydrogens is 566 g/mol. The van der Waals surface area contributed by atoms with Crippen molar-refractivity contribution >= 4 is 58.3 Å². The van der Waals surface area contributed by atoms with Crippen molar-refractivity contribution < 1.29 is 23.9 Å². The van der Waals surface area contributed by atoms with Crippen LogP contribution in [0, 0.1) is 0 Å². The summed E-state index contributed by atoms with van der Waals surface area (Å²) >= 11 is 12.1. The van der Waals surface area contributed by atoms with E-state index in [4.69, 9.17) is 38.3 Å². The van der Waals surface area contributed by atoms with E-state index < -0.39 is 29.9 Å². The van der Waals surface area contributed by atoms with Crippen LogP contribution in [0.25, 0.3) is 0 Å². The molecule has 2 aromatic carbocycles. The second-order valence-corrected chi connectivity index (χ2v) is 11.6. The number of thiocarbonyl (C=S) groups is 1. The minimum Gasteiger partial charge on any atom is -0.469 e. The Morgan fingerprint density at radius 3 is 2.51 bits per heavy atom. The van der Waals surface area contributed by atoms with Gasteiger partial charge in [-0.2, -0.15) is 0 Å². The number of esters is 1. The fourth-order valence-electron chi connectivity index (χ4n) is 4.73. The predicted molar refractivity (Wildman–Crippen MR) is 161 cm³/mol. The molecule has 2 aromatic rings. The summed E-state index contributed by atoms with van der Waals surface area (Å²) in [6.07, 6.45) is -1.58. The summed E-state index contributed by atoms with van der Waals surface area (Å²) in [5.74, 6) is -0.765. The number of ether oxygens (including phenoxy) is 2. The van der Waals surface area contributed by atoms with Crippen LogP contribution in [0.4, 0.5) is 10.5 Å². The first-order valence-corrected chi connectivity index (χ1v) is 14.0. The smallest absolute Gasteiger partial charge is 0.410 e. The highest BCUT2D eigenvalue weighted by Crippen LogP contribution is 2.30. The number of carbonyl (C=O) groups excluding carboxylic acids is 3. The number of amides is 2. The first-order valence-electron chi connectivity index (χ1n) is 13.2. The van der Waals surface area contributed by atoms with Crippen LogP contribution < -0.4 is 10.2 Å². The fourth-order valence-corrected chi connectivity index (χ4v) is 5.18. The van der Waals surface area contributed by atoms with Crippen LogP contribution in [0.2, 0.25) is 5.02 Å². The molecule has 41 heavy (non-hydrogen) atoms. The van der Waals surface area contributed by atoms with Crippen molar-refractivity contribution in [2.75, 3.05) is 38.7 Å². The van der Waals surface area contributed by atoms with Gasteiger partial charge in [0.1, 0.15) is 5.60 Å². The molecule has 2 amide bonds. The number of nitrogens with zero attached hydrogens (tertiary/aromatic N) is 4. The number of fused-ring (bicyclic) bond motifs is 1. The van der Waals surface area contributed by atoms with Crippen LogP contribution in [0.15, 0.2) is 53.5 Å². The SMILES string of the molecule is COC(=O)CC1CN(C(=S)NC2N=C(c3ccccc3)c3cc(Cl)ccc3N(C)C2=O)CCN1C(=O)OC(C)(C)C. The monoisotopic (exact) mass is 599 g/mol. The van der Waals surface area contributed by atoms with E-state index in [1.54, 1.807) is 46.0 Å². The lowest BCUT2D eigenvalue weighted by atomic mass is 10.0. The van der Waals surface area contributed by atoms with Crippen molar-refractivity contribution in [2.45, 2.75) is 45.0 Å². The highest BCUT2D eigenvalue weighted by molar-refractivity contribution is 7.80. The molecular formula is C29H34ClN5O5S. The number of carbonyl (C=O) groups is 3. The van der Waals surface area contributed by atoms with Gasteiger partial charge in [-0.25, -0.2) is 9.79 Å². The average Bonchev–Trinajstić information content (AvgIpc) is 3.02. The Balaban J connectivity index is 1.60. The number of nitrogens with one attached hydrogen (secondary N) is 1. The number of benzene rings is 2. The van der Waals surface area contributed by atoms with E-state index in [1.807, 2.05) is 35.2 Å². The third kappa shape index (κ3) is 7.15. The number of aliphatic imine (C=N–C) groups is 1. The first kappa shape index (κ1) is 30.3. The largest absolute Gasteiger partial charge is 0.469 e. The number of hydrogen-bond acceptors (Lipinski definition) is 7. The lowest BCUT2D eigenvalue weighted by Gasteiger charge is -2.42. The molecule has 1 saturated heterocycles. The quantitative estimate of drug-likeness (QED) is 0.418. The molecule has 2 atom stereocenters. The third-order valence-electron chi connectivity index (χ3n) is 6.73. The summed E-state index contributed by atoms with van der Waals surface area (Å²) in [5, 5.41) is 3.92. The molecule has 1 N–H and O–H groups in total. The normalized spacial score (nSPS) is 19.1. The van der Waals surface area contributed by atoms with Gasteiger partial charge in [-0.3, -0.25) is 9.59 Å². The number of likely N-dealkylation sites (N-methyl/N-ethyl adjacent to an activating group) is 1. The standard InChI is InChI=1S/C29H34ClN5O5S/c1-29(2,3)40-28(38)35-14-13-34(17-20(35)16-23(36)39-5)27(41)32-25-26(37)33(4)22-12-11-19(30)15-21(22)24(31-25)18-9-7-6-8-10-18/h6-12,15,20,25H,13-14,16-17H2,1-5H3,(H,32,41). The van der Waals surface area contributed by atoms with Crippen molar-refractivity contribution in [1.29, 1.82) is 0 Å². The Morgan fingerprint density at radius 1 is 1.15 bits per heavy atom. The summed E-state index contributed by atoms with van der Waals surface area (Å²) in [4.78, 5) is 48.5. The molecule has 0 saturated carbocycles. The Morgan fingerprint density at radius 2 is 1.85 bits per heavy atom. The van der Waals surface area contributed by atoms with Gasteiger partial charge in [0.2, 0.25) is 6.17 Å². The van der Waals surface area contributed by atoms with Crippen LogP contribution in [-0.4, -0.2) is 90.2 Å². The molecule has 12 heteroatoms. The molecule has 0 aromatic heterocycles. The molecule has 1 fully saturated rings. The fraction of sp³-hybridized carbons (Fsp3) is 0.414. The van der Waals surface area contributed by atoms with Gasteiger partial charge in [-0.05, 0) is 51.2 Å². The van der Waals surface area contributed by atoms with Crippen LogP contribution in [-0.2, 0) is 19.1 Å². The lowest BCUT2D eigenvalue weighted by Crippen LogP contribution is -2.60. The molecule has 0 spiro atoms. The molecule has 2 aliphatic heterocycles. The summed E-state index contributed by atoms with van der Waals surface area (Å²) in [7, 11) is 2.98. The van der Waals surface area contributed by atoms with Crippen LogP contribution in [0.1, 0.15) is 38.3 Å². The highest BCUT2D eigenvalue weighted by Gasteiger charge is 2.37. The maximum absolute atomic E-state index is 13.6. The lowest BCUT2D eigenvalue weighted by molar-refractivity contribution is -0.142. The van der Waals surface area contributed by atoms with E-state index in [-0.39, 0.29) is 30.5 Å². The Bertz CT molecular complexity index is 1360. The number of benzodiazepines with no additional fused rings is 1. The van der Waals surface area contributed by atoms with E-state index in [2.05, 4.69) is 5.32 Å². The van der Waals surface area contributed by atoms with E-state index in [0.717, 1.165) is 11.1 Å². The molecule has 0 aliphatic carbocycles. The van der Waals surface area contributed by atoms with E-state index >= 15 is 0 Å². The molecule has 2 unspecified atom stereocenters. The summed E-state index contributed by atoms with van der Waals surface area (Å²) in [6.45, 7) is 6.22. The third-order valence-corrected chi connectivity index (χ3v) is 7.34. The van der Waals surface area contributed by atoms with E-state index in [0.29, 0.717) is 23.0 Å². The number of piperazine rings is 1. The molecule has 0 radical (unpaired) electrons. The molecule has 2 heterocycles. The van der Waals surface area contributed by atoms with Crippen LogP contribution in [0.3, 0.4) is 0 Å². The van der Waals surface area contributed by atoms with Gasteiger partial charge in [0, 0.05) is 42.8 Å². The predicted octanol–water partition coefficient (Wildman–Crippen LogP) is 3.84. The number of rotatable bonds is 4. The minimum absolute atomic E-state index is 0.0354. The van der Waals surface area contributed by atoms with Gasteiger partial charge in [0.05, 0.1) is 31.0 Å². The topological polar surface area (TPSA) is 104 Å². The maximum atomic E-state index is 13.6. The second kappa shape index (κ2) is 12.4. The summed E-state index contributed by atoms with van der Waals surface area (Å²) < 4.78 is 10.4. The van der Waals surface area contributed by atoms with Crippen molar-refractivity contribution in [3.05, 3.63) is 64.7 Å². The first-order chi connectivity index (χ1) is 19.4. The summed E-state index contributed by atoms with van der Waals surface area (Å²) in [6, 6.07) is 14.3. The molecule has 218 valence electrons. The zero-order valence-electron chi connectivity index (χ0n) is 23.7. The van der Waals surface area contributed by atoms with Gasteiger partial charge in [-0.1, -0.05) is 41.9 Å². The molecule has 0 bridgehead atoms.